The maximum atomic E-state index is 13.7. The minimum absolute atomic E-state index is 0.0428. The summed E-state index contributed by atoms with van der Waals surface area (Å²) in [5, 5.41) is 49.8. The molecule has 0 bridgehead atoms. The summed E-state index contributed by atoms with van der Waals surface area (Å²) >= 11 is 3.43. The molecule has 11 atom stereocenters. The van der Waals surface area contributed by atoms with Crippen LogP contribution in [0.1, 0.15) is 32.6 Å². The lowest BCUT2D eigenvalue weighted by Gasteiger charge is -2.52. The van der Waals surface area contributed by atoms with E-state index in [1.807, 2.05) is 18.0 Å². The van der Waals surface area contributed by atoms with Crippen LogP contribution in [0.5, 0.6) is 0 Å². The lowest BCUT2D eigenvalue weighted by Crippen LogP contribution is -2.75. The normalized spacial score (nSPS) is 36.5. The molecule has 0 spiro atoms. The third-order valence-corrected chi connectivity index (χ3v) is 14.6. The molecule has 0 saturated carbocycles. The summed E-state index contributed by atoms with van der Waals surface area (Å²) in [5.74, 6) is 1.46. The molecule has 2 amide bonds. The van der Waals surface area contributed by atoms with Crippen molar-refractivity contribution in [3.63, 3.8) is 0 Å². The highest BCUT2D eigenvalue weighted by Gasteiger charge is 2.50. The van der Waals surface area contributed by atoms with Crippen LogP contribution in [-0.2, 0) is 14.3 Å². The Kier molecular flexibility index (Phi) is 14.1. The van der Waals surface area contributed by atoms with Gasteiger partial charge in [-0.3, -0.25) is 67.1 Å². The quantitative estimate of drug-likeness (QED) is 0.0463. The first-order chi connectivity index (χ1) is 27.8. The van der Waals surface area contributed by atoms with E-state index in [4.69, 9.17) is 4.74 Å². The van der Waals surface area contributed by atoms with Gasteiger partial charge in [-0.05, 0) is 19.3 Å². The number of thioether (sulfide) groups is 2. The van der Waals surface area contributed by atoms with Crippen LogP contribution in [0.3, 0.4) is 0 Å². The molecule has 8 heterocycles. The van der Waals surface area contributed by atoms with E-state index in [0.29, 0.717) is 43.4 Å². The molecular weight excluding hydrogens is 775 g/mol. The largest absolute Gasteiger partial charge is 0.377 e. The third-order valence-electron chi connectivity index (χ3n) is 12.4. The monoisotopic (exact) mass is 835 g/mol. The minimum atomic E-state index is -1.06. The van der Waals surface area contributed by atoms with Crippen LogP contribution in [0.4, 0.5) is 0 Å². The zero-order valence-corrected chi connectivity index (χ0v) is 34.3. The standard InChI is InChI=1S/C35H61N15O5S2/c1-21(13-36-14-22-3-2-10-55-22)24-15-48(9-12-56-24)35-29-31(42-18-40-29)45-20-49(35)26-5-4-23(50(53)54)27(46-26)34(52)38-7-6-37-33(51)25-16-47(8-11-57-25)32-28-30(41-17-39-28)43-19-44-32/h15-16,21-23,26-32,35-36,39-46H,2-14,17-20H2,1H3,(H,37,51)(H,38,52)/t21-,22-,23?,26?,27?,28?,29?,30?,31?,32?,35?/m1/s1. The summed E-state index contributed by atoms with van der Waals surface area (Å²) in [6.07, 6.45) is 7.57. The zero-order chi connectivity index (χ0) is 39.3. The predicted molar refractivity (Wildman–Crippen MR) is 218 cm³/mol. The van der Waals surface area contributed by atoms with Gasteiger partial charge in [-0.15, -0.1) is 23.5 Å². The van der Waals surface area contributed by atoms with Crippen LogP contribution < -0.4 is 58.5 Å². The van der Waals surface area contributed by atoms with Crippen LogP contribution in [0, 0.1) is 16.0 Å². The highest BCUT2D eigenvalue weighted by Crippen LogP contribution is 2.33. The van der Waals surface area contributed by atoms with E-state index < -0.39 is 18.0 Å². The SMILES string of the molecule is C[C@H](CNC[C@H]1CCCO1)C1=CN(C2C3NCNC3NCN2C2CCC([N+](=O)[O-])C(C(=O)NCCNC(=O)C3=CN(C4NCNC5NCNC54)CCS3)N2)CCS1. The van der Waals surface area contributed by atoms with E-state index in [-0.39, 0.29) is 73.3 Å². The fraction of sp³-hybridized carbons (Fsp3) is 0.829. The van der Waals surface area contributed by atoms with Crippen molar-refractivity contribution in [3.05, 3.63) is 32.3 Å². The number of nitrogens with zero attached hydrogens (tertiary/aromatic N) is 4. The lowest BCUT2D eigenvalue weighted by molar-refractivity contribution is -0.528. The fourth-order valence-corrected chi connectivity index (χ4v) is 11.4. The number of piperidine rings is 1. The first-order valence-corrected chi connectivity index (χ1v) is 22.7. The van der Waals surface area contributed by atoms with E-state index >= 15 is 0 Å². The Morgan fingerprint density at radius 2 is 1.68 bits per heavy atom. The van der Waals surface area contributed by atoms with E-state index in [2.05, 4.69) is 86.3 Å². The van der Waals surface area contributed by atoms with Crippen LogP contribution in [0.25, 0.3) is 0 Å². The Morgan fingerprint density at radius 1 is 0.930 bits per heavy atom. The molecule has 57 heavy (non-hydrogen) atoms. The Hall–Kier alpha value is -2.32. The zero-order valence-electron chi connectivity index (χ0n) is 32.7. The average Bonchev–Trinajstić information content (AvgIpc) is 4.05. The molecule has 8 aliphatic heterocycles. The Labute approximate surface area is 342 Å². The molecule has 0 aromatic heterocycles. The van der Waals surface area contributed by atoms with Crippen molar-refractivity contribution < 1.29 is 19.2 Å². The number of amides is 2. The van der Waals surface area contributed by atoms with Crippen molar-refractivity contribution in [2.45, 2.75) is 93.7 Å². The van der Waals surface area contributed by atoms with Crippen molar-refractivity contribution in [2.24, 2.45) is 5.92 Å². The Balaban J connectivity index is 0.871. The first kappa shape index (κ1) is 41.4. The molecular formula is C35H61N15O5S2. The van der Waals surface area contributed by atoms with Gasteiger partial charge in [0.25, 0.3) is 5.91 Å². The number of carbonyl (C=O) groups excluding carboxylic acids is 2. The van der Waals surface area contributed by atoms with Gasteiger partial charge in [-0.1, -0.05) is 6.92 Å². The lowest BCUT2D eigenvalue weighted by atomic mass is 9.94. The van der Waals surface area contributed by atoms with E-state index in [0.717, 1.165) is 63.8 Å². The summed E-state index contributed by atoms with van der Waals surface area (Å²) in [5.41, 5.74) is 0. The van der Waals surface area contributed by atoms with E-state index in [9.17, 15) is 19.7 Å². The molecule has 0 aromatic rings. The van der Waals surface area contributed by atoms with Crippen LogP contribution >= 0.6 is 23.5 Å². The number of rotatable bonds is 14. The number of ether oxygens (including phenoxy) is 1. The van der Waals surface area contributed by atoms with Crippen molar-refractivity contribution in [1.82, 2.24) is 73.2 Å². The smallest absolute Gasteiger partial charge is 0.259 e. The molecule has 0 aliphatic carbocycles. The second-order valence-corrected chi connectivity index (χ2v) is 18.3. The summed E-state index contributed by atoms with van der Waals surface area (Å²) < 4.78 is 5.80. The molecule has 11 N–H and O–H groups in total. The van der Waals surface area contributed by atoms with Gasteiger partial charge in [0.1, 0.15) is 6.17 Å². The maximum Gasteiger partial charge on any atom is 0.259 e. The molecule has 20 nitrogen and oxygen atoms in total. The molecule has 9 unspecified atom stereocenters. The number of hydrogen-bond acceptors (Lipinski definition) is 19. The van der Waals surface area contributed by atoms with Gasteiger partial charge < -0.3 is 30.5 Å². The second-order valence-electron chi connectivity index (χ2n) is 16.0. The van der Waals surface area contributed by atoms with Gasteiger partial charge in [0.05, 0.1) is 54.4 Å². The molecule has 22 heteroatoms. The Bertz CT molecular complexity index is 1490. The molecule has 8 aliphatic rings. The van der Waals surface area contributed by atoms with Gasteiger partial charge >= 0.3 is 0 Å². The highest BCUT2D eigenvalue weighted by atomic mass is 32.2. The van der Waals surface area contributed by atoms with E-state index in [1.165, 1.54) is 16.7 Å². The van der Waals surface area contributed by atoms with Crippen molar-refractivity contribution in [3.8, 4) is 0 Å². The van der Waals surface area contributed by atoms with Crippen LogP contribution in [0.15, 0.2) is 22.2 Å². The minimum Gasteiger partial charge on any atom is -0.377 e. The van der Waals surface area contributed by atoms with Gasteiger partial charge in [-0.25, -0.2) is 0 Å². The van der Waals surface area contributed by atoms with Gasteiger partial charge in [0.2, 0.25) is 11.9 Å². The number of nitrogens with one attached hydrogen (secondary N) is 11. The third kappa shape index (κ3) is 9.68. The Morgan fingerprint density at radius 3 is 2.49 bits per heavy atom. The number of nitro groups is 1. The van der Waals surface area contributed by atoms with E-state index in [1.54, 1.807) is 0 Å². The molecule has 0 aromatic carbocycles. The number of hydrogen-bond donors (Lipinski definition) is 11. The summed E-state index contributed by atoms with van der Waals surface area (Å²) in [6.45, 7) is 9.55. The van der Waals surface area contributed by atoms with Crippen molar-refractivity contribution in [2.75, 3.05) is 84.1 Å². The first-order valence-electron chi connectivity index (χ1n) is 20.7. The van der Waals surface area contributed by atoms with Gasteiger partial charge in [-0.2, -0.15) is 0 Å². The summed E-state index contributed by atoms with van der Waals surface area (Å²) in [6, 6.07) is -1.86. The van der Waals surface area contributed by atoms with Crippen LogP contribution in [0.2, 0.25) is 0 Å². The van der Waals surface area contributed by atoms with Crippen LogP contribution in [-0.4, -0.2) is 177 Å². The molecule has 8 rings (SSSR count). The topological polar surface area (TPSA) is 229 Å². The fourth-order valence-electron chi connectivity index (χ4n) is 9.38. The average molecular weight is 836 g/mol. The second kappa shape index (κ2) is 19.4. The van der Waals surface area contributed by atoms with Gasteiger partial charge in [0.15, 0.2) is 6.04 Å². The van der Waals surface area contributed by atoms with Gasteiger partial charge in [0, 0.05) is 112 Å². The molecule has 0 radical (unpaired) electrons. The summed E-state index contributed by atoms with van der Waals surface area (Å²) in [4.78, 5) is 47.8. The number of fused-ring (bicyclic) bond motifs is 2. The highest BCUT2D eigenvalue weighted by molar-refractivity contribution is 8.04. The molecule has 6 fully saturated rings. The maximum absolute atomic E-state index is 13.7. The predicted octanol–water partition coefficient (Wildman–Crippen LogP) is -3.52. The van der Waals surface area contributed by atoms with Crippen molar-refractivity contribution >= 4 is 35.3 Å². The van der Waals surface area contributed by atoms with Crippen molar-refractivity contribution in [1.29, 1.82) is 0 Å². The molecule has 318 valence electrons. The number of carbonyl (C=O) groups is 2. The molecule has 6 saturated heterocycles. The summed E-state index contributed by atoms with van der Waals surface area (Å²) in [7, 11) is 0.